The summed E-state index contributed by atoms with van der Waals surface area (Å²) in [6.45, 7) is 3.82. The molecule has 0 heterocycles. The van der Waals surface area contributed by atoms with Gasteiger partial charge in [0.05, 0.1) is 6.10 Å². The Balaban J connectivity index is 1.83. The van der Waals surface area contributed by atoms with E-state index in [0.717, 1.165) is 12.1 Å². The Hall–Kier alpha value is -0.570. The van der Waals surface area contributed by atoms with E-state index in [4.69, 9.17) is 11.6 Å². The van der Waals surface area contributed by atoms with Gasteiger partial charge < -0.3 is 10.4 Å². The van der Waals surface area contributed by atoms with Crippen molar-refractivity contribution in [1.29, 1.82) is 0 Å². The molecule has 0 radical (unpaired) electrons. The molecule has 0 saturated heterocycles. The van der Waals surface area contributed by atoms with E-state index in [1.807, 2.05) is 24.3 Å². The molecule has 2 rings (SSSR count). The van der Waals surface area contributed by atoms with Gasteiger partial charge in [-0.05, 0) is 24.3 Å². The van der Waals surface area contributed by atoms with E-state index in [-0.39, 0.29) is 0 Å². The zero-order valence-corrected chi connectivity index (χ0v) is 10.3. The molecule has 1 unspecified atom stereocenters. The second kappa shape index (κ2) is 4.74. The fourth-order valence-corrected chi connectivity index (χ4v) is 2.02. The van der Waals surface area contributed by atoms with Crippen LogP contribution >= 0.6 is 11.6 Å². The Bertz CT molecular complexity index is 363. The summed E-state index contributed by atoms with van der Waals surface area (Å²) in [6.07, 6.45) is 2.07. The van der Waals surface area contributed by atoms with Crippen molar-refractivity contribution >= 4 is 11.6 Å². The molecule has 1 fully saturated rings. The lowest BCUT2D eigenvalue weighted by atomic mass is 10.1. The van der Waals surface area contributed by atoms with Crippen molar-refractivity contribution in [3.8, 4) is 0 Å². The van der Waals surface area contributed by atoms with Gasteiger partial charge in [0.1, 0.15) is 0 Å². The largest absolute Gasteiger partial charge is 0.387 e. The molecular formula is C13H18ClNO. The molecule has 0 aromatic heterocycles. The fourth-order valence-electron chi connectivity index (χ4n) is 1.76. The molecule has 0 spiro atoms. The number of aliphatic hydroxyl groups is 1. The first-order chi connectivity index (χ1) is 7.61. The average Bonchev–Trinajstić information content (AvgIpc) is 2.97. The lowest BCUT2D eigenvalue weighted by Crippen LogP contribution is -2.27. The minimum Gasteiger partial charge on any atom is -0.387 e. The molecule has 2 nitrogen and oxygen atoms in total. The highest BCUT2D eigenvalue weighted by molar-refractivity contribution is 6.31. The summed E-state index contributed by atoms with van der Waals surface area (Å²) in [4.78, 5) is 0. The van der Waals surface area contributed by atoms with E-state index in [0.29, 0.717) is 17.0 Å². The van der Waals surface area contributed by atoms with Crippen LogP contribution in [-0.2, 0) is 0 Å². The van der Waals surface area contributed by atoms with Gasteiger partial charge in [0.25, 0.3) is 0 Å². The average molecular weight is 240 g/mol. The number of hydrogen-bond donors (Lipinski definition) is 2. The van der Waals surface area contributed by atoms with Gasteiger partial charge in [-0.3, -0.25) is 0 Å². The van der Waals surface area contributed by atoms with Gasteiger partial charge in [0.15, 0.2) is 0 Å². The number of halogens is 1. The molecule has 1 aliphatic carbocycles. The van der Waals surface area contributed by atoms with Crippen LogP contribution in [0.1, 0.15) is 31.4 Å². The summed E-state index contributed by atoms with van der Waals surface area (Å²) < 4.78 is 0. The van der Waals surface area contributed by atoms with Gasteiger partial charge in [-0.15, -0.1) is 0 Å². The van der Waals surface area contributed by atoms with Crippen molar-refractivity contribution in [2.24, 2.45) is 5.41 Å². The van der Waals surface area contributed by atoms with Crippen LogP contribution in [0.25, 0.3) is 0 Å². The Morgan fingerprint density at radius 1 is 1.44 bits per heavy atom. The predicted octanol–water partition coefficient (Wildman–Crippen LogP) is 2.76. The highest BCUT2D eigenvalue weighted by Crippen LogP contribution is 2.44. The van der Waals surface area contributed by atoms with E-state index in [2.05, 4.69) is 12.2 Å². The lowest BCUT2D eigenvalue weighted by molar-refractivity contribution is 0.172. The summed E-state index contributed by atoms with van der Waals surface area (Å²) in [6, 6.07) is 7.44. The van der Waals surface area contributed by atoms with Gasteiger partial charge in [-0.25, -0.2) is 0 Å². The minimum atomic E-state index is -0.518. The predicted molar refractivity (Wildman–Crippen MR) is 66.6 cm³/mol. The number of rotatable bonds is 5. The monoisotopic (exact) mass is 239 g/mol. The maximum absolute atomic E-state index is 9.97. The molecule has 88 valence electrons. The topological polar surface area (TPSA) is 32.3 Å². The van der Waals surface area contributed by atoms with Gasteiger partial charge in [0, 0.05) is 23.7 Å². The first-order valence-electron chi connectivity index (χ1n) is 5.74. The highest BCUT2D eigenvalue weighted by Gasteiger charge is 2.36. The molecule has 0 bridgehead atoms. The van der Waals surface area contributed by atoms with Crippen molar-refractivity contribution < 1.29 is 5.11 Å². The van der Waals surface area contributed by atoms with Crippen LogP contribution in [0.5, 0.6) is 0 Å². The normalized spacial score (nSPS) is 19.4. The van der Waals surface area contributed by atoms with Crippen LogP contribution in [0, 0.1) is 5.41 Å². The molecule has 3 heteroatoms. The molecule has 0 amide bonds. The molecule has 1 aliphatic rings. The maximum Gasteiger partial charge on any atom is 0.0928 e. The minimum absolute atomic E-state index is 0.472. The zero-order valence-electron chi connectivity index (χ0n) is 9.54. The standard InChI is InChI=1S/C13H18ClNO/c1-13(6-7-13)9-15-8-12(16)10-4-2-3-5-11(10)14/h2-5,12,15-16H,6-9H2,1H3. The van der Waals surface area contributed by atoms with Crippen molar-refractivity contribution in [3.05, 3.63) is 34.9 Å². The van der Waals surface area contributed by atoms with Gasteiger partial charge in [0.2, 0.25) is 0 Å². The molecule has 1 aromatic rings. The van der Waals surface area contributed by atoms with Crippen molar-refractivity contribution in [3.63, 3.8) is 0 Å². The number of nitrogens with one attached hydrogen (secondary N) is 1. The van der Waals surface area contributed by atoms with Crippen molar-refractivity contribution in [1.82, 2.24) is 5.32 Å². The quantitative estimate of drug-likeness (QED) is 0.828. The van der Waals surface area contributed by atoms with E-state index in [9.17, 15) is 5.11 Å². The Morgan fingerprint density at radius 3 is 2.75 bits per heavy atom. The second-order valence-electron chi connectivity index (χ2n) is 4.98. The molecule has 2 N–H and O–H groups in total. The lowest BCUT2D eigenvalue weighted by Gasteiger charge is -2.15. The Morgan fingerprint density at radius 2 is 2.12 bits per heavy atom. The third kappa shape index (κ3) is 2.97. The first kappa shape index (κ1) is 11.9. The second-order valence-corrected chi connectivity index (χ2v) is 5.39. The summed E-state index contributed by atoms with van der Waals surface area (Å²) in [5, 5.41) is 13.9. The van der Waals surface area contributed by atoms with E-state index >= 15 is 0 Å². The van der Waals surface area contributed by atoms with Crippen LogP contribution in [-0.4, -0.2) is 18.2 Å². The smallest absolute Gasteiger partial charge is 0.0928 e. The van der Waals surface area contributed by atoms with Gasteiger partial charge in [-0.2, -0.15) is 0 Å². The fraction of sp³-hybridized carbons (Fsp3) is 0.538. The van der Waals surface area contributed by atoms with Crippen LogP contribution in [0.2, 0.25) is 5.02 Å². The van der Waals surface area contributed by atoms with Crippen LogP contribution in [0.15, 0.2) is 24.3 Å². The maximum atomic E-state index is 9.97. The SMILES string of the molecule is CC1(CNCC(O)c2ccccc2Cl)CC1. The number of hydrogen-bond acceptors (Lipinski definition) is 2. The van der Waals surface area contributed by atoms with E-state index < -0.39 is 6.10 Å². The Labute approximate surface area is 102 Å². The number of aliphatic hydroxyl groups excluding tert-OH is 1. The summed E-state index contributed by atoms with van der Waals surface area (Å²) in [5.74, 6) is 0. The van der Waals surface area contributed by atoms with Gasteiger partial charge in [-0.1, -0.05) is 36.7 Å². The number of benzene rings is 1. The molecule has 16 heavy (non-hydrogen) atoms. The van der Waals surface area contributed by atoms with E-state index in [1.54, 1.807) is 0 Å². The molecule has 1 saturated carbocycles. The summed E-state index contributed by atoms with van der Waals surface area (Å²) >= 11 is 6.01. The summed E-state index contributed by atoms with van der Waals surface area (Å²) in [7, 11) is 0. The highest BCUT2D eigenvalue weighted by atomic mass is 35.5. The Kier molecular flexibility index (Phi) is 3.53. The molecular weight excluding hydrogens is 222 g/mol. The molecule has 1 atom stereocenters. The molecule has 1 aromatic carbocycles. The van der Waals surface area contributed by atoms with Crippen LogP contribution in [0.4, 0.5) is 0 Å². The van der Waals surface area contributed by atoms with Crippen molar-refractivity contribution in [2.45, 2.75) is 25.9 Å². The van der Waals surface area contributed by atoms with E-state index in [1.165, 1.54) is 12.8 Å². The van der Waals surface area contributed by atoms with Gasteiger partial charge >= 0.3 is 0 Å². The van der Waals surface area contributed by atoms with Crippen LogP contribution < -0.4 is 5.32 Å². The summed E-state index contributed by atoms with van der Waals surface area (Å²) in [5.41, 5.74) is 1.28. The third-order valence-electron chi connectivity index (χ3n) is 3.26. The van der Waals surface area contributed by atoms with Crippen molar-refractivity contribution in [2.75, 3.05) is 13.1 Å². The first-order valence-corrected chi connectivity index (χ1v) is 6.12. The zero-order chi connectivity index (χ0) is 11.6. The molecule has 0 aliphatic heterocycles. The third-order valence-corrected chi connectivity index (χ3v) is 3.60. The van der Waals surface area contributed by atoms with Crippen LogP contribution in [0.3, 0.4) is 0 Å².